The number of fused-ring (bicyclic) bond motifs is 18. The third-order valence-corrected chi connectivity index (χ3v) is 27.5. The summed E-state index contributed by atoms with van der Waals surface area (Å²) in [5, 5.41) is 0. The van der Waals surface area contributed by atoms with E-state index in [0.29, 0.717) is 0 Å². The van der Waals surface area contributed by atoms with E-state index in [1.807, 2.05) is 0 Å². The molecular formula is C112H92N2. The summed E-state index contributed by atoms with van der Waals surface area (Å²) in [5.41, 5.74) is 47.9. The van der Waals surface area contributed by atoms with Crippen LogP contribution >= 0.6 is 0 Å². The normalized spacial score (nSPS) is 15.9. The van der Waals surface area contributed by atoms with Crippen LogP contribution in [0.2, 0.25) is 0 Å². The Balaban J connectivity index is 0.534. The Bertz CT molecular complexity index is 6230. The van der Waals surface area contributed by atoms with Gasteiger partial charge in [0.05, 0.1) is 0 Å². The molecule has 0 unspecified atom stereocenters. The van der Waals surface area contributed by atoms with E-state index in [1.54, 1.807) is 0 Å². The third-order valence-electron chi connectivity index (χ3n) is 27.5. The summed E-state index contributed by atoms with van der Waals surface area (Å²) in [7, 11) is 0. The first-order chi connectivity index (χ1) is 55.0. The summed E-state index contributed by atoms with van der Waals surface area (Å²) in [6, 6.07) is 120. The molecule has 0 atom stereocenters. The summed E-state index contributed by atoms with van der Waals surface area (Å²) in [5.74, 6) is 0. The largest absolute Gasteiger partial charge is 0.310 e. The standard InChI is InChI=1S/C112H92N2/c1-107(2)95-25-17-13-21-83(95)89-55-43-75(63-101(89)107)73-39-45-77(46-40-73)113(79-49-57-91-85-23-15-19-27-97(85)109(5,6)103(91)65-79)81-51-59-93-87-53-37-71(61-99(87)111(9,10)105(93)67-81)35-33-69-29-31-70(32-30-69)34-36-72-38-54-88-94-60-52-82(68-106(94)112(11,12)100(88)62-72)114(80-50-58-92-86-24-16-20-28-98(86)110(7,8)104(92)66-80)78-47-41-74(42-48-78)76-44-56-90-84-22-14-18-26-96(84)108(3,4)102(90)64-76/h13-68H,1-12H3. The number of benzene rings is 15. The molecule has 0 radical (unpaired) electrons. The maximum Gasteiger partial charge on any atom is 0.0465 e. The second-order valence-corrected chi connectivity index (χ2v) is 36.1. The molecule has 0 aromatic heterocycles. The van der Waals surface area contributed by atoms with Crippen molar-refractivity contribution in [2.75, 3.05) is 9.80 Å². The number of anilines is 6. The van der Waals surface area contributed by atoms with Crippen LogP contribution in [0, 0.1) is 0 Å². The average molecular weight is 1470 g/mol. The molecule has 15 aromatic rings. The van der Waals surface area contributed by atoms with Gasteiger partial charge in [-0.05, 0) is 263 Å². The molecule has 21 rings (SSSR count). The highest BCUT2D eigenvalue weighted by Crippen LogP contribution is 2.58. The van der Waals surface area contributed by atoms with Crippen molar-refractivity contribution < 1.29 is 0 Å². The molecule has 2 heteroatoms. The molecular weight excluding hydrogens is 1370 g/mol. The van der Waals surface area contributed by atoms with Crippen LogP contribution in [0.3, 0.4) is 0 Å². The SMILES string of the molecule is CC1(C)c2ccccc2-c2ccc(-c3ccc(N(c4ccc5c(c4)C(C)(C)c4ccccc4-5)c4ccc5c(c4)C(C)(C)c4cc(C=Cc6ccc(C=Cc7ccc8c(c7)C(C)(C)c7cc(N(c9ccc(-c%10ccc%11c(c%10)C(C)(C)c%10ccccc%10-%11)cc9)c9ccc%10c(c9)C(C)(C)c9ccccc9-%10)ccc7-8)cc6)ccc4-5)cc3)cc21. The van der Waals surface area contributed by atoms with Gasteiger partial charge >= 0.3 is 0 Å². The zero-order valence-corrected chi connectivity index (χ0v) is 67.2. The first kappa shape index (κ1) is 69.3. The van der Waals surface area contributed by atoms with Crippen LogP contribution in [0.4, 0.5) is 34.1 Å². The predicted molar refractivity (Wildman–Crippen MR) is 483 cm³/mol. The van der Waals surface area contributed by atoms with Crippen molar-refractivity contribution >= 4 is 58.4 Å². The van der Waals surface area contributed by atoms with Crippen LogP contribution in [0.5, 0.6) is 0 Å². The fourth-order valence-electron chi connectivity index (χ4n) is 21.0. The Morgan fingerprint density at radius 2 is 0.351 bits per heavy atom. The lowest BCUT2D eigenvalue weighted by Gasteiger charge is -2.30. The van der Waals surface area contributed by atoms with Crippen molar-refractivity contribution in [3.05, 3.63) is 404 Å². The molecule has 6 aliphatic carbocycles. The minimum Gasteiger partial charge on any atom is -0.310 e. The minimum absolute atomic E-state index is 0.0693. The van der Waals surface area contributed by atoms with Gasteiger partial charge in [-0.25, -0.2) is 0 Å². The average Bonchev–Trinajstić information content (AvgIpc) is 1.65. The molecule has 6 aliphatic rings. The Hall–Kier alpha value is -12.6. The number of hydrogen-bond acceptors (Lipinski definition) is 2. The Morgan fingerprint density at radius 1 is 0.158 bits per heavy atom. The lowest BCUT2D eigenvalue weighted by molar-refractivity contribution is 0.659. The van der Waals surface area contributed by atoms with Crippen LogP contribution in [-0.4, -0.2) is 0 Å². The van der Waals surface area contributed by atoms with Crippen molar-refractivity contribution in [1.82, 2.24) is 0 Å². The highest BCUT2D eigenvalue weighted by atomic mass is 15.1. The number of rotatable bonds is 12. The Kier molecular flexibility index (Phi) is 15.2. The van der Waals surface area contributed by atoms with Crippen LogP contribution in [0.25, 0.3) is 113 Å². The minimum atomic E-state index is -0.248. The van der Waals surface area contributed by atoms with Crippen LogP contribution in [0.1, 0.15) is 172 Å². The van der Waals surface area contributed by atoms with Crippen molar-refractivity contribution in [3.8, 4) is 89.0 Å². The lowest BCUT2D eigenvalue weighted by atomic mass is 9.81. The molecule has 0 heterocycles. The molecule has 0 spiro atoms. The van der Waals surface area contributed by atoms with E-state index in [9.17, 15) is 0 Å². The fraction of sp³-hybridized carbons (Fsp3) is 0.161. The first-order valence-corrected chi connectivity index (χ1v) is 40.8. The molecule has 0 aliphatic heterocycles. The van der Waals surface area contributed by atoms with Crippen molar-refractivity contribution in [3.63, 3.8) is 0 Å². The van der Waals surface area contributed by atoms with Gasteiger partial charge in [-0.3, -0.25) is 0 Å². The van der Waals surface area contributed by atoms with Gasteiger partial charge in [-0.1, -0.05) is 338 Å². The van der Waals surface area contributed by atoms with Gasteiger partial charge in [0, 0.05) is 66.6 Å². The quantitative estimate of drug-likeness (QED) is 0.113. The van der Waals surface area contributed by atoms with E-state index < -0.39 is 0 Å². The van der Waals surface area contributed by atoms with Gasteiger partial charge in [-0.2, -0.15) is 0 Å². The molecule has 0 N–H and O–H groups in total. The van der Waals surface area contributed by atoms with E-state index in [2.05, 4.69) is 433 Å². The predicted octanol–water partition coefficient (Wildman–Crippen LogP) is 30.1. The zero-order chi connectivity index (χ0) is 77.7. The molecule has 2 nitrogen and oxygen atoms in total. The van der Waals surface area contributed by atoms with E-state index in [0.717, 1.165) is 45.3 Å². The van der Waals surface area contributed by atoms with Gasteiger partial charge in [0.1, 0.15) is 0 Å². The molecule has 0 fully saturated rings. The van der Waals surface area contributed by atoms with E-state index >= 15 is 0 Å². The molecule has 0 saturated heterocycles. The van der Waals surface area contributed by atoms with Crippen molar-refractivity contribution in [2.45, 2.75) is 116 Å². The van der Waals surface area contributed by atoms with Gasteiger partial charge < -0.3 is 9.80 Å². The summed E-state index contributed by atoms with van der Waals surface area (Å²) in [4.78, 5) is 4.97. The Morgan fingerprint density at radius 3 is 0.640 bits per heavy atom. The van der Waals surface area contributed by atoms with Gasteiger partial charge in [-0.15, -0.1) is 0 Å². The summed E-state index contributed by atoms with van der Waals surface area (Å²) in [6.07, 6.45) is 9.08. The van der Waals surface area contributed by atoms with Gasteiger partial charge in [0.2, 0.25) is 0 Å². The smallest absolute Gasteiger partial charge is 0.0465 e. The molecule has 0 bridgehead atoms. The monoisotopic (exact) mass is 1460 g/mol. The Labute approximate surface area is 672 Å². The summed E-state index contributed by atoms with van der Waals surface area (Å²) >= 11 is 0. The molecule has 15 aromatic carbocycles. The van der Waals surface area contributed by atoms with Gasteiger partial charge in [0.15, 0.2) is 0 Å². The van der Waals surface area contributed by atoms with Crippen molar-refractivity contribution in [1.29, 1.82) is 0 Å². The lowest BCUT2D eigenvalue weighted by Crippen LogP contribution is -2.18. The maximum atomic E-state index is 2.49. The highest BCUT2D eigenvalue weighted by molar-refractivity contribution is 5.94. The first-order valence-electron chi connectivity index (χ1n) is 40.8. The van der Waals surface area contributed by atoms with E-state index in [1.165, 1.54) is 167 Å². The highest BCUT2D eigenvalue weighted by Gasteiger charge is 2.43. The van der Waals surface area contributed by atoms with Crippen LogP contribution < -0.4 is 9.80 Å². The second kappa shape index (κ2) is 24.9. The third kappa shape index (κ3) is 10.5. The summed E-state index contributed by atoms with van der Waals surface area (Å²) < 4.78 is 0. The van der Waals surface area contributed by atoms with Crippen LogP contribution in [-0.2, 0) is 32.5 Å². The zero-order valence-electron chi connectivity index (χ0n) is 67.2. The van der Waals surface area contributed by atoms with Gasteiger partial charge in [0.25, 0.3) is 0 Å². The van der Waals surface area contributed by atoms with E-state index in [4.69, 9.17) is 0 Å². The van der Waals surface area contributed by atoms with Crippen molar-refractivity contribution in [2.24, 2.45) is 0 Å². The second-order valence-electron chi connectivity index (χ2n) is 36.1. The number of nitrogens with zero attached hydrogens (tertiary/aromatic N) is 2. The van der Waals surface area contributed by atoms with E-state index in [-0.39, 0.29) is 32.5 Å². The molecule has 114 heavy (non-hydrogen) atoms. The molecule has 0 saturated carbocycles. The van der Waals surface area contributed by atoms with Crippen LogP contribution in [0.15, 0.2) is 315 Å². The fourth-order valence-corrected chi connectivity index (χ4v) is 21.0. The summed E-state index contributed by atoms with van der Waals surface area (Å²) in [6.45, 7) is 28.6. The molecule has 0 amide bonds. The maximum absolute atomic E-state index is 2.49. The molecule has 550 valence electrons. The number of hydrogen-bond donors (Lipinski definition) is 0. The topological polar surface area (TPSA) is 6.48 Å².